The van der Waals surface area contributed by atoms with Crippen LogP contribution in [0.4, 0.5) is 0 Å². The van der Waals surface area contributed by atoms with Crippen molar-refractivity contribution in [3.8, 4) is 0 Å². The molecule has 0 aliphatic carbocycles. The lowest BCUT2D eigenvalue weighted by molar-refractivity contribution is 2.38. The molecule has 0 fully saturated rings. The van der Waals surface area contributed by atoms with Crippen molar-refractivity contribution in [2.75, 3.05) is 0 Å². The van der Waals surface area contributed by atoms with Crippen LogP contribution in [0.25, 0.3) is 0 Å². The van der Waals surface area contributed by atoms with Crippen molar-refractivity contribution in [2.45, 2.75) is 6.55 Å². The van der Waals surface area contributed by atoms with E-state index >= 15 is 0 Å². The highest BCUT2D eigenvalue weighted by Crippen LogP contribution is 1.18. The fourth-order valence-corrected chi connectivity index (χ4v) is 0. The molecule has 0 saturated heterocycles. The molecular formula is C3H6Si. The summed E-state index contributed by atoms with van der Waals surface area (Å²) in [4.78, 5) is 0. The van der Waals surface area contributed by atoms with Gasteiger partial charge in [0.2, 0.25) is 0 Å². The van der Waals surface area contributed by atoms with Gasteiger partial charge in [0.05, 0.1) is 0 Å². The average Bonchev–Trinajstić information content (AvgIpc) is 1.37. The van der Waals surface area contributed by atoms with Crippen molar-refractivity contribution < 1.29 is 0 Å². The van der Waals surface area contributed by atoms with Crippen molar-refractivity contribution in [3.63, 3.8) is 0 Å². The normalized spacial score (nSPS) is 4.25. The monoisotopic (exact) mass is 70.0 g/mol. The third kappa shape index (κ3) is 1.87. The van der Waals surface area contributed by atoms with Gasteiger partial charge in [-0.25, -0.2) is 0 Å². The van der Waals surface area contributed by atoms with E-state index in [-0.39, 0.29) is 0 Å². The highest BCUT2D eigenvalue weighted by atomic mass is 28.2. The van der Waals surface area contributed by atoms with Crippen LogP contribution in [0.1, 0.15) is 0 Å². The number of hydrogen-bond acceptors (Lipinski definition) is 0. The van der Waals surface area contributed by atoms with Gasteiger partial charge in [0.25, 0.3) is 0 Å². The second-order valence-corrected chi connectivity index (χ2v) is 1.48. The van der Waals surface area contributed by atoms with E-state index < -0.39 is 0 Å². The first-order valence-electron chi connectivity index (χ1n) is 1.22. The molecule has 0 aromatic heterocycles. The zero-order valence-corrected chi connectivity index (χ0v) is 3.94. The van der Waals surface area contributed by atoms with E-state index in [1.54, 1.807) is 0 Å². The molecule has 0 atom stereocenters. The van der Waals surface area contributed by atoms with Crippen LogP contribution in [-0.2, 0) is 0 Å². The van der Waals surface area contributed by atoms with Gasteiger partial charge >= 0.3 is 0 Å². The van der Waals surface area contributed by atoms with Crippen molar-refractivity contribution in [3.05, 3.63) is 6.58 Å². The quantitative estimate of drug-likeness (QED) is 0.353. The van der Waals surface area contributed by atoms with E-state index in [0.717, 1.165) is 0 Å². The van der Waals surface area contributed by atoms with Gasteiger partial charge in [0, 0.05) is 9.13 Å². The molecule has 0 radical (unpaired) electrons. The van der Waals surface area contributed by atoms with Crippen LogP contribution in [0.3, 0.4) is 0 Å². The van der Waals surface area contributed by atoms with Crippen molar-refractivity contribution in [2.24, 2.45) is 0 Å². The smallest absolute Gasteiger partial charge is 0.0457 e. The molecule has 0 aliphatic rings. The zero-order chi connectivity index (χ0) is 3.41. The summed E-state index contributed by atoms with van der Waals surface area (Å²) in [5.74, 6) is 0. The third-order valence-electron chi connectivity index (χ3n) is 0.204. The Morgan fingerprint density at radius 2 is 2.25 bits per heavy atom. The van der Waals surface area contributed by atoms with Gasteiger partial charge < -0.3 is 0 Å². The van der Waals surface area contributed by atoms with Gasteiger partial charge in [-0.1, -0.05) is 13.1 Å². The molecule has 0 saturated carbocycles. The minimum Gasteiger partial charge on any atom is -0.168 e. The summed E-state index contributed by atoms with van der Waals surface area (Å²) >= 11 is 0. The Labute approximate surface area is 28.6 Å². The molecule has 0 heterocycles. The maximum atomic E-state index is 3.39. The Hall–Kier alpha value is -0.133. The Morgan fingerprint density at radius 3 is 2.25 bits per heavy atom. The topological polar surface area (TPSA) is 0 Å². The van der Waals surface area contributed by atoms with Gasteiger partial charge in [-0.15, -0.1) is 0 Å². The van der Waals surface area contributed by atoms with E-state index in [9.17, 15) is 0 Å². The van der Waals surface area contributed by atoms with Crippen LogP contribution in [0, 0.1) is 0 Å². The molecule has 4 heavy (non-hydrogen) atoms. The first kappa shape index (κ1) is 3.87. The first-order valence-corrected chi connectivity index (χ1v) is 2.95. The van der Waals surface area contributed by atoms with E-state index in [1.807, 2.05) is 0 Å². The summed E-state index contributed by atoms with van der Waals surface area (Å²) in [7, 11) is 0.421. The van der Waals surface area contributed by atoms with Crippen LogP contribution < -0.4 is 0 Å². The lowest BCUT2D eigenvalue weighted by Crippen LogP contribution is -1.50. The van der Waals surface area contributed by atoms with Crippen molar-refractivity contribution >= 4 is 14.5 Å². The summed E-state index contributed by atoms with van der Waals surface area (Å²) in [6.07, 6.45) is 0. The predicted molar refractivity (Wildman–Crippen MR) is 23.6 cm³/mol. The second kappa shape index (κ2) is 2.87. The minimum atomic E-state index is 0.421. The molecule has 0 nitrogen and oxygen atoms in total. The van der Waals surface area contributed by atoms with Crippen LogP contribution in [-0.4, -0.2) is 14.5 Å². The lowest BCUT2D eigenvalue weighted by Gasteiger charge is -1.35. The molecule has 0 N–H and O–H groups in total. The van der Waals surface area contributed by atoms with E-state index in [0.29, 0.717) is 9.13 Å². The largest absolute Gasteiger partial charge is 0.168 e. The number of rotatable bonds is 0. The molecule has 0 spiro atoms. The van der Waals surface area contributed by atoms with Crippen molar-refractivity contribution in [1.29, 1.82) is 0 Å². The molecule has 0 amide bonds. The van der Waals surface area contributed by atoms with Crippen LogP contribution in [0.15, 0.2) is 6.58 Å². The highest BCUT2D eigenvalue weighted by Gasteiger charge is 1.27. The Kier molecular flexibility index (Phi) is 2.77. The minimum absolute atomic E-state index is 0.421. The van der Waals surface area contributed by atoms with Crippen LogP contribution >= 0.6 is 0 Å². The van der Waals surface area contributed by atoms with Gasteiger partial charge in [0.15, 0.2) is 0 Å². The standard InChI is InChI=1S/C3H6Si/c1-3-4-2/h4H,1H2,2H3. The average molecular weight is 70.2 g/mol. The maximum Gasteiger partial charge on any atom is 0.0457 e. The SMILES string of the molecule is C=C=[SiH]C. The molecule has 0 aliphatic heterocycles. The van der Waals surface area contributed by atoms with Crippen LogP contribution in [0.5, 0.6) is 0 Å². The summed E-state index contributed by atoms with van der Waals surface area (Å²) in [5.41, 5.74) is 0. The predicted octanol–water partition coefficient (Wildman–Crippen LogP) is 0.0581. The van der Waals surface area contributed by atoms with Gasteiger partial charge in [-0.2, -0.15) is 5.33 Å². The van der Waals surface area contributed by atoms with E-state index in [2.05, 4.69) is 18.5 Å². The van der Waals surface area contributed by atoms with Gasteiger partial charge in [-0.05, 0) is 0 Å². The Bertz CT molecular complexity index is 41.2. The summed E-state index contributed by atoms with van der Waals surface area (Å²) in [6.45, 7) is 5.48. The molecular weight excluding hydrogens is 64.1 g/mol. The van der Waals surface area contributed by atoms with Crippen LogP contribution in [0.2, 0.25) is 6.55 Å². The van der Waals surface area contributed by atoms with E-state index in [1.165, 1.54) is 0 Å². The third-order valence-corrected chi connectivity index (χ3v) is 0.612. The fraction of sp³-hybridized carbons (Fsp3) is 0.333. The fourth-order valence-electron chi connectivity index (χ4n) is 0. The highest BCUT2D eigenvalue weighted by molar-refractivity contribution is 6.42. The summed E-state index contributed by atoms with van der Waals surface area (Å²) in [5, 5.41) is 2.76. The molecule has 1 heteroatoms. The maximum absolute atomic E-state index is 3.39. The molecule has 0 unspecified atom stereocenters. The molecule has 0 bridgehead atoms. The summed E-state index contributed by atoms with van der Waals surface area (Å²) in [6, 6.07) is 0. The van der Waals surface area contributed by atoms with Crippen molar-refractivity contribution in [1.82, 2.24) is 0 Å². The van der Waals surface area contributed by atoms with Gasteiger partial charge in [0.1, 0.15) is 0 Å². The molecule has 0 rings (SSSR count). The number of hydrogen-bond donors (Lipinski definition) is 0. The first-order chi connectivity index (χ1) is 1.91. The van der Waals surface area contributed by atoms with E-state index in [4.69, 9.17) is 0 Å². The molecule has 22 valence electrons. The van der Waals surface area contributed by atoms with Gasteiger partial charge in [-0.3, -0.25) is 0 Å². The second-order valence-electron chi connectivity index (χ2n) is 0.493. The molecule has 0 aromatic carbocycles. The summed E-state index contributed by atoms with van der Waals surface area (Å²) < 4.78 is 0. The Morgan fingerprint density at radius 1 is 2.00 bits per heavy atom. The molecule has 0 aromatic rings. The lowest BCUT2D eigenvalue weighted by atomic mass is 11.3. The Balaban J connectivity index is 3.11. The zero-order valence-electron chi connectivity index (χ0n) is 2.78.